The first-order valence-electron chi connectivity index (χ1n) is 12.8. The second-order valence-corrected chi connectivity index (χ2v) is 15.0. The van der Waals surface area contributed by atoms with Gasteiger partial charge in [-0.25, -0.2) is 8.42 Å². The molecule has 0 radical (unpaired) electrons. The van der Waals surface area contributed by atoms with Crippen molar-refractivity contribution in [3.63, 3.8) is 0 Å². The number of hydrogen-bond donors (Lipinski definition) is 1. The molecule has 2 fully saturated rings. The van der Waals surface area contributed by atoms with Gasteiger partial charge in [-0.2, -0.15) is 4.72 Å². The first-order valence-corrected chi connectivity index (χ1v) is 16.3. The smallest absolute Gasteiger partial charge is 0.250 e. The number of nitrogens with zero attached hydrogens (tertiary/aromatic N) is 3. The van der Waals surface area contributed by atoms with E-state index in [1.165, 1.54) is 22.3 Å². The van der Waals surface area contributed by atoms with Gasteiger partial charge in [-0.1, -0.05) is 17.7 Å². The van der Waals surface area contributed by atoms with Crippen LogP contribution in [0.25, 0.3) is 9.75 Å². The highest BCUT2D eigenvalue weighted by Crippen LogP contribution is 2.37. The number of nitrogens with one attached hydrogen (secondary N) is 1. The Kier molecular flexibility index (Phi) is 7.17. The van der Waals surface area contributed by atoms with E-state index in [9.17, 15) is 22.8 Å². The van der Waals surface area contributed by atoms with Gasteiger partial charge in [0.05, 0.1) is 10.9 Å². The van der Waals surface area contributed by atoms with Crippen molar-refractivity contribution in [3.05, 3.63) is 62.8 Å². The third kappa shape index (κ3) is 5.32. The first-order chi connectivity index (χ1) is 18.7. The molecule has 2 saturated heterocycles. The third-order valence-corrected chi connectivity index (χ3v) is 12.1. The lowest BCUT2D eigenvalue weighted by atomic mass is 9.83. The van der Waals surface area contributed by atoms with Crippen molar-refractivity contribution in [1.29, 1.82) is 0 Å². The molecule has 3 aromatic heterocycles. The minimum absolute atomic E-state index is 0.0101. The SMILES string of the molecule is O=C(CN1CCC[C@H](NS(=O)(=O)c2ccc(-c3ccc(Cl)s3)s2)C1=O)N1CC2CC(C1)c1cccc(=O)n1C2. The second kappa shape index (κ2) is 10.5. The monoisotopic (exact) mass is 606 g/mol. The van der Waals surface area contributed by atoms with Crippen LogP contribution in [0.4, 0.5) is 0 Å². The fourth-order valence-electron chi connectivity index (χ4n) is 5.86. The lowest BCUT2D eigenvalue weighted by molar-refractivity contribution is -0.144. The van der Waals surface area contributed by atoms with Gasteiger partial charge in [0.15, 0.2) is 0 Å². The molecular weight excluding hydrogens is 580 g/mol. The van der Waals surface area contributed by atoms with Crippen LogP contribution in [0.2, 0.25) is 4.34 Å². The molecule has 0 aliphatic carbocycles. The number of aromatic nitrogens is 1. The Bertz CT molecular complexity index is 1600. The number of piperidine rings is 2. The van der Waals surface area contributed by atoms with Crippen LogP contribution >= 0.6 is 34.3 Å². The molecule has 2 amide bonds. The Labute approximate surface area is 239 Å². The number of pyridine rings is 1. The van der Waals surface area contributed by atoms with E-state index >= 15 is 0 Å². The van der Waals surface area contributed by atoms with Gasteiger partial charge in [0.1, 0.15) is 10.3 Å². The molecule has 0 saturated carbocycles. The number of hydrogen-bond acceptors (Lipinski definition) is 7. The fourth-order valence-corrected chi connectivity index (χ4v) is 9.54. The van der Waals surface area contributed by atoms with E-state index in [1.54, 1.807) is 29.2 Å². The number of carbonyl (C=O) groups excluding carboxylic acids is 2. The van der Waals surface area contributed by atoms with Gasteiger partial charge in [-0.3, -0.25) is 14.4 Å². The summed E-state index contributed by atoms with van der Waals surface area (Å²) in [6, 6.07) is 11.2. The molecule has 0 spiro atoms. The van der Waals surface area contributed by atoms with E-state index in [0.717, 1.165) is 33.2 Å². The number of amides is 2. The van der Waals surface area contributed by atoms with Crippen LogP contribution in [0.5, 0.6) is 0 Å². The highest BCUT2D eigenvalue weighted by Gasteiger charge is 2.38. The lowest BCUT2D eigenvalue weighted by Crippen LogP contribution is -2.56. The molecule has 2 unspecified atom stereocenters. The number of sulfonamides is 1. The molecule has 3 aliphatic heterocycles. The van der Waals surface area contributed by atoms with E-state index in [1.807, 2.05) is 16.7 Å². The van der Waals surface area contributed by atoms with Gasteiger partial charge < -0.3 is 14.4 Å². The van der Waals surface area contributed by atoms with Gasteiger partial charge >= 0.3 is 0 Å². The Hall–Kier alpha value is -2.51. The van der Waals surface area contributed by atoms with Crippen molar-refractivity contribution in [2.24, 2.45) is 5.92 Å². The van der Waals surface area contributed by atoms with Gasteiger partial charge in [-0.15, -0.1) is 22.7 Å². The largest absolute Gasteiger partial charge is 0.340 e. The fraction of sp³-hybridized carbons (Fsp3) is 0.423. The van der Waals surface area contributed by atoms with Crippen LogP contribution < -0.4 is 10.3 Å². The predicted molar refractivity (Wildman–Crippen MR) is 151 cm³/mol. The Morgan fingerprint density at radius 3 is 2.62 bits per heavy atom. The van der Waals surface area contributed by atoms with Gasteiger partial charge in [-0.05, 0) is 55.5 Å². The summed E-state index contributed by atoms with van der Waals surface area (Å²) < 4.78 is 31.4. The van der Waals surface area contributed by atoms with Crippen LogP contribution in [0.15, 0.2) is 51.5 Å². The van der Waals surface area contributed by atoms with Gasteiger partial charge in [0.25, 0.3) is 15.6 Å². The molecule has 6 rings (SSSR count). The zero-order valence-electron chi connectivity index (χ0n) is 20.9. The first kappa shape index (κ1) is 26.7. The summed E-state index contributed by atoms with van der Waals surface area (Å²) in [4.78, 5) is 43.8. The van der Waals surface area contributed by atoms with E-state index in [-0.39, 0.29) is 40.0 Å². The van der Waals surface area contributed by atoms with E-state index < -0.39 is 16.1 Å². The van der Waals surface area contributed by atoms with Crippen LogP contribution in [0.1, 0.15) is 30.9 Å². The summed E-state index contributed by atoms with van der Waals surface area (Å²) in [6.07, 6.45) is 1.90. The molecule has 3 atom stereocenters. The zero-order chi connectivity index (χ0) is 27.3. The van der Waals surface area contributed by atoms with E-state index in [4.69, 9.17) is 11.6 Å². The average Bonchev–Trinajstić information content (AvgIpc) is 3.57. The molecule has 206 valence electrons. The highest BCUT2D eigenvalue weighted by molar-refractivity contribution is 7.91. The minimum atomic E-state index is -3.92. The number of thiophene rings is 2. The Morgan fingerprint density at radius 2 is 1.82 bits per heavy atom. The maximum atomic E-state index is 13.3. The minimum Gasteiger partial charge on any atom is -0.340 e. The third-order valence-electron chi connectivity index (χ3n) is 7.65. The van der Waals surface area contributed by atoms with Crippen LogP contribution in [-0.4, -0.2) is 66.8 Å². The van der Waals surface area contributed by atoms with E-state index in [2.05, 4.69) is 4.72 Å². The molecule has 2 bridgehead atoms. The molecule has 39 heavy (non-hydrogen) atoms. The molecular formula is C26H27ClN4O5S3. The van der Waals surface area contributed by atoms with Crippen LogP contribution in [0, 0.1) is 5.92 Å². The summed E-state index contributed by atoms with van der Waals surface area (Å²) in [5.41, 5.74) is 0.947. The molecule has 0 aromatic carbocycles. The van der Waals surface area contributed by atoms with Gasteiger partial charge in [0, 0.05) is 53.6 Å². The molecule has 1 N–H and O–H groups in total. The zero-order valence-corrected chi connectivity index (χ0v) is 24.1. The van der Waals surface area contributed by atoms with Crippen molar-refractivity contribution >= 4 is 56.1 Å². The van der Waals surface area contributed by atoms with Crippen molar-refractivity contribution in [2.45, 2.75) is 42.0 Å². The molecule has 3 aliphatic rings. The van der Waals surface area contributed by atoms with Crippen LogP contribution in [-0.2, 0) is 26.2 Å². The van der Waals surface area contributed by atoms with Crippen molar-refractivity contribution < 1.29 is 18.0 Å². The van der Waals surface area contributed by atoms with Crippen molar-refractivity contribution in [2.75, 3.05) is 26.2 Å². The highest BCUT2D eigenvalue weighted by atomic mass is 35.5. The number of likely N-dealkylation sites (tertiary alicyclic amines) is 2. The summed E-state index contributed by atoms with van der Waals surface area (Å²) in [6.45, 7) is 1.97. The Morgan fingerprint density at radius 1 is 1.03 bits per heavy atom. The van der Waals surface area contributed by atoms with E-state index in [0.29, 0.717) is 43.4 Å². The maximum absolute atomic E-state index is 13.3. The molecule has 13 heteroatoms. The number of rotatable bonds is 6. The second-order valence-electron chi connectivity index (χ2n) is 10.3. The maximum Gasteiger partial charge on any atom is 0.250 e. The summed E-state index contributed by atoms with van der Waals surface area (Å²) in [7, 11) is -3.92. The van der Waals surface area contributed by atoms with Crippen molar-refractivity contribution in [3.8, 4) is 9.75 Å². The standard InChI is InChI=1S/C26H27ClN4O5S3/c27-22-8-6-20(37-22)21-7-9-25(38-21)39(35,36)28-18-3-2-10-29(26(18)34)15-24(33)30-12-16-11-17(14-30)19-4-1-5-23(32)31(19)13-16/h1,4-9,16-18,28H,2-3,10-15H2/t16?,17?,18-/m0/s1. The number of halogens is 1. The van der Waals surface area contributed by atoms with Crippen LogP contribution in [0.3, 0.4) is 0 Å². The van der Waals surface area contributed by atoms with Crippen molar-refractivity contribution in [1.82, 2.24) is 19.1 Å². The summed E-state index contributed by atoms with van der Waals surface area (Å²) >= 11 is 8.51. The van der Waals surface area contributed by atoms with Gasteiger partial charge in [0.2, 0.25) is 11.8 Å². The topological polar surface area (TPSA) is 109 Å². The molecule has 3 aromatic rings. The lowest BCUT2D eigenvalue weighted by Gasteiger charge is -2.43. The quantitative estimate of drug-likeness (QED) is 0.464. The number of fused-ring (bicyclic) bond motifs is 4. The predicted octanol–water partition coefficient (Wildman–Crippen LogP) is 3.21. The normalized spacial score (nSPS) is 23.1. The number of carbonyl (C=O) groups is 2. The molecule has 9 nitrogen and oxygen atoms in total. The summed E-state index contributed by atoms with van der Waals surface area (Å²) in [5.74, 6) is -0.245. The Balaban J connectivity index is 1.10. The average molecular weight is 607 g/mol. The molecule has 6 heterocycles. The summed E-state index contributed by atoms with van der Waals surface area (Å²) in [5, 5.41) is 0.